The van der Waals surface area contributed by atoms with Gasteiger partial charge in [0.25, 0.3) is 5.91 Å². The molecule has 7 heteroatoms. The number of benzene rings is 2. The monoisotopic (exact) mass is 382 g/mol. The summed E-state index contributed by atoms with van der Waals surface area (Å²) in [4.78, 5) is 25.9. The van der Waals surface area contributed by atoms with Gasteiger partial charge in [0.15, 0.2) is 11.5 Å². The van der Waals surface area contributed by atoms with E-state index >= 15 is 0 Å². The zero-order valence-corrected chi connectivity index (χ0v) is 15.2. The summed E-state index contributed by atoms with van der Waals surface area (Å²) in [5.74, 6) is -0.625. The van der Waals surface area contributed by atoms with Crippen LogP contribution in [0.25, 0.3) is 6.08 Å². The van der Waals surface area contributed by atoms with E-state index in [1.54, 1.807) is 18.2 Å². The minimum absolute atomic E-state index is 0.00395. The molecule has 1 aliphatic heterocycles. The SMILES string of the molecule is C=CCc1cc(C=C2NC(=O)N(Cc3ccc(F)cc3)C2=O)cc(OC)c1O. The van der Waals surface area contributed by atoms with E-state index in [4.69, 9.17) is 4.74 Å². The Morgan fingerprint density at radius 3 is 2.61 bits per heavy atom. The van der Waals surface area contributed by atoms with Gasteiger partial charge in [-0.2, -0.15) is 0 Å². The topological polar surface area (TPSA) is 78.9 Å². The maximum absolute atomic E-state index is 13.0. The molecule has 0 aromatic heterocycles. The Labute approximate surface area is 161 Å². The molecule has 2 aromatic carbocycles. The van der Waals surface area contributed by atoms with Gasteiger partial charge in [-0.15, -0.1) is 6.58 Å². The van der Waals surface area contributed by atoms with E-state index in [0.29, 0.717) is 23.1 Å². The highest BCUT2D eigenvalue weighted by atomic mass is 19.1. The average molecular weight is 382 g/mol. The third-order valence-corrected chi connectivity index (χ3v) is 4.29. The van der Waals surface area contributed by atoms with E-state index in [2.05, 4.69) is 11.9 Å². The number of phenols is 1. The largest absolute Gasteiger partial charge is 0.504 e. The molecule has 28 heavy (non-hydrogen) atoms. The predicted octanol–water partition coefficient (Wildman–Crippen LogP) is 3.36. The minimum Gasteiger partial charge on any atom is -0.504 e. The third kappa shape index (κ3) is 3.88. The number of aromatic hydroxyl groups is 1. The number of nitrogens with zero attached hydrogens (tertiary/aromatic N) is 1. The Morgan fingerprint density at radius 2 is 1.96 bits per heavy atom. The number of rotatable bonds is 6. The number of allylic oxidation sites excluding steroid dienone is 1. The van der Waals surface area contributed by atoms with Crippen LogP contribution < -0.4 is 10.1 Å². The summed E-state index contributed by atoms with van der Waals surface area (Å²) in [5, 5.41) is 12.7. The molecule has 0 radical (unpaired) electrons. The second-order valence-corrected chi connectivity index (χ2v) is 6.23. The number of ether oxygens (including phenoxy) is 1. The number of hydrogen-bond donors (Lipinski definition) is 2. The smallest absolute Gasteiger partial charge is 0.329 e. The van der Waals surface area contributed by atoms with Crippen LogP contribution in [0.2, 0.25) is 0 Å². The van der Waals surface area contributed by atoms with Crippen molar-refractivity contribution in [3.63, 3.8) is 0 Å². The van der Waals surface area contributed by atoms with Crippen LogP contribution in [0.3, 0.4) is 0 Å². The fourth-order valence-corrected chi connectivity index (χ4v) is 2.89. The van der Waals surface area contributed by atoms with Crippen molar-refractivity contribution < 1.29 is 23.8 Å². The van der Waals surface area contributed by atoms with Crippen molar-refractivity contribution >= 4 is 18.0 Å². The van der Waals surface area contributed by atoms with Crippen molar-refractivity contribution in [2.75, 3.05) is 7.11 Å². The molecule has 0 aliphatic carbocycles. The standard InChI is InChI=1S/C21H19FN2O4/c1-3-4-15-9-14(11-18(28-2)19(15)25)10-17-20(26)24(21(27)23-17)12-13-5-7-16(22)8-6-13/h3,5-11,25H,1,4,12H2,2H3,(H,23,27). The molecule has 0 spiro atoms. The fraction of sp³-hybridized carbons (Fsp3) is 0.143. The first-order chi connectivity index (χ1) is 13.4. The number of carbonyl (C=O) groups is 2. The van der Waals surface area contributed by atoms with E-state index < -0.39 is 17.8 Å². The fourth-order valence-electron chi connectivity index (χ4n) is 2.89. The summed E-state index contributed by atoms with van der Waals surface area (Å²) in [6.07, 6.45) is 3.56. The molecular weight excluding hydrogens is 363 g/mol. The zero-order valence-electron chi connectivity index (χ0n) is 15.2. The molecule has 6 nitrogen and oxygen atoms in total. The lowest BCUT2D eigenvalue weighted by Gasteiger charge is -2.11. The number of amides is 3. The highest BCUT2D eigenvalue weighted by Gasteiger charge is 2.33. The summed E-state index contributed by atoms with van der Waals surface area (Å²) in [5.41, 5.74) is 1.90. The molecule has 1 aliphatic rings. The lowest BCUT2D eigenvalue weighted by Crippen LogP contribution is -2.30. The summed E-state index contributed by atoms with van der Waals surface area (Å²) < 4.78 is 18.2. The maximum atomic E-state index is 13.0. The normalized spacial score (nSPS) is 15.1. The van der Waals surface area contributed by atoms with E-state index in [-0.39, 0.29) is 23.7 Å². The number of hydrogen-bond acceptors (Lipinski definition) is 4. The summed E-state index contributed by atoms with van der Waals surface area (Å²) >= 11 is 0. The Balaban J connectivity index is 1.88. The molecule has 1 fully saturated rings. The highest BCUT2D eigenvalue weighted by Crippen LogP contribution is 2.33. The van der Waals surface area contributed by atoms with Gasteiger partial charge in [0.1, 0.15) is 11.5 Å². The van der Waals surface area contributed by atoms with Gasteiger partial charge < -0.3 is 15.2 Å². The zero-order chi connectivity index (χ0) is 20.3. The van der Waals surface area contributed by atoms with Crippen molar-refractivity contribution in [3.8, 4) is 11.5 Å². The van der Waals surface area contributed by atoms with Gasteiger partial charge in [-0.3, -0.25) is 9.69 Å². The number of urea groups is 1. The molecule has 0 bridgehead atoms. The molecule has 0 saturated carbocycles. The van der Waals surface area contributed by atoms with Crippen LogP contribution in [0.5, 0.6) is 11.5 Å². The second kappa shape index (κ2) is 7.96. The Hall–Kier alpha value is -3.61. The van der Waals surface area contributed by atoms with Gasteiger partial charge in [-0.1, -0.05) is 18.2 Å². The number of halogens is 1. The van der Waals surface area contributed by atoms with Gasteiger partial charge >= 0.3 is 6.03 Å². The second-order valence-electron chi connectivity index (χ2n) is 6.23. The molecule has 1 saturated heterocycles. The summed E-state index contributed by atoms with van der Waals surface area (Å²) in [7, 11) is 1.43. The third-order valence-electron chi connectivity index (χ3n) is 4.29. The molecule has 3 rings (SSSR count). The predicted molar refractivity (Wildman–Crippen MR) is 102 cm³/mol. The van der Waals surface area contributed by atoms with Crippen LogP contribution in [0.4, 0.5) is 9.18 Å². The van der Waals surface area contributed by atoms with Crippen LogP contribution in [-0.4, -0.2) is 29.1 Å². The van der Waals surface area contributed by atoms with Gasteiger partial charge in [0, 0.05) is 5.56 Å². The first kappa shape index (κ1) is 19.2. The van der Waals surface area contributed by atoms with Crippen LogP contribution in [0.15, 0.2) is 54.8 Å². The lowest BCUT2D eigenvalue weighted by atomic mass is 10.0. The van der Waals surface area contributed by atoms with Crippen LogP contribution in [-0.2, 0) is 17.8 Å². The molecule has 1 heterocycles. The van der Waals surface area contributed by atoms with E-state index in [9.17, 15) is 19.1 Å². The lowest BCUT2D eigenvalue weighted by molar-refractivity contribution is -0.123. The molecule has 2 N–H and O–H groups in total. The molecule has 144 valence electrons. The number of carbonyl (C=O) groups excluding carboxylic acids is 2. The number of phenolic OH excluding ortho intramolecular Hbond substituents is 1. The summed E-state index contributed by atoms with van der Waals surface area (Å²) in [6, 6.07) is 8.28. The van der Waals surface area contributed by atoms with E-state index in [1.165, 1.54) is 37.5 Å². The quantitative estimate of drug-likeness (QED) is 0.456. The molecule has 0 atom stereocenters. The first-order valence-electron chi connectivity index (χ1n) is 8.52. The highest BCUT2D eigenvalue weighted by molar-refractivity contribution is 6.13. The Morgan fingerprint density at radius 1 is 1.25 bits per heavy atom. The van der Waals surface area contributed by atoms with Gasteiger partial charge in [0.05, 0.1) is 13.7 Å². The minimum atomic E-state index is -0.558. The molecular formula is C21H19FN2O4. The van der Waals surface area contributed by atoms with Gasteiger partial charge in [-0.05, 0) is 47.9 Å². The maximum Gasteiger partial charge on any atom is 0.329 e. The van der Waals surface area contributed by atoms with Crippen molar-refractivity contribution in [1.82, 2.24) is 10.2 Å². The molecule has 0 unspecified atom stereocenters. The number of nitrogens with one attached hydrogen (secondary N) is 1. The molecule has 3 amide bonds. The van der Waals surface area contributed by atoms with Crippen LogP contribution in [0, 0.1) is 5.82 Å². The van der Waals surface area contributed by atoms with Crippen molar-refractivity contribution in [2.24, 2.45) is 0 Å². The van der Waals surface area contributed by atoms with Crippen molar-refractivity contribution in [2.45, 2.75) is 13.0 Å². The molecule has 2 aromatic rings. The average Bonchev–Trinajstić information content (AvgIpc) is 2.93. The van der Waals surface area contributed by atoms with Crippen LogP contribution >= 0.6 is 0 Å². The summed E-state index contributed by atoms with van der Waals surface area (Å²) in [6.45, 7) is 3.68. The van der Waals surface area contributed by atoms with E-state index in [0.717, 1.165) is 4.90 Å². The van der Waals surface area contributed by atoms with E-state index in [1.807, 2.05) is 0 Å². The Bertz CT molecular complexity index is 967. The number of imide groups is 1. The number of methoxy groups -OCH3 is 1. The van der Waals surface area contributed by atoms with Crippen LogP contribution in [0.1, 0.15) is 16.7 Å². The first-order valence-corrected chi connectivity index (χ1v) is 8.52. The Kier molecular flexibility index (Phi) is 5.44. The van der Waals surface area contributed by atoms with Crippen molar-refractivity contribution in [3.05, 3.63) is 77.3 Å². The van der Waals surface area contributed by atoms with Gasteiger partial charge in [0.2, 0.25) is 0 Å². The van der Waals surface area contributed by atoms with Crippen molar-refractivity contribution in [1.29, 1.82) is 0 Å². The van der Waals surface area contributed by atoms with Gasteiger partial charge in [-0.25, -0.2) is 9.18 Å².